The maximum atomic E-state index is 6.36. The molecule has 1 saturated heterocycles. The summed E-state index contributed by atoms with van der Waals surface area (Å²) in [6.07, 6.45) is 8.48. The SMILES string of the molecule is C1=C[C@H]2O[C@@H]1[C@@]1(c3ccccc3)CCCC(c3ccccc3)=C21. The molecule has 1 fully saturated rings. The van der Waals surface area contributed by atoms with Gasteiger partial charge in [0.05, 0.1) is 12.2 Å². The van der Waals surface area contributed by atoms with Gasteiger partial charge in [-0.25, -0.2) is 0 Å². The zero-order chi connectivity index (χ0) is 15.3. The van der Waals surface area contributed by atoms with Crippen LogP contribution >= 0.6 is 0 Å². The van der Waals surface area contributed by atoms with Gasteiger partial charge in [0.15, 0.2) is 0 Å². The van der Waals surface area contributed by atoms with Crippen molar-refractivity contribution in [3.05, 3.63) is 89.5 Å². The fourth-order valence-corrected chi connectivity index (χ4v) is 4.84. The molecule has 2 bridgehead atoms. The summed E-state index contributed by atoms with van der Waals surface area (Å²) in [6, 6.07) is 21.9. The van der Waals surface area contributed by atoms with E-state index in [9.17, 15) is 0 Å². The molecule has 5 rings (SSSR count). The summed E-state index contributed by atoms with van der Waals surface area (Å²) in [7, 11) is 0. The first kappa shape index (κ1) is 13.3. The molecule has 2 aromatic rings. The van der Waals surface area contributed by atoms with Gasteiger partial charge in [0.25, 0.3) is 0 Å². The molecule has 1 nitrogen and oxygen atoms in total. The third kappa shape index (κ3) is 1.77. The van der Waals surface area contributed by atoms with E-state index in [0.717, 1.165) is 6.42 Å². The number of ether oxygens (including phenoxy) is 1. The number of hydrogen-bond donors (Lipinski definition) is 0. The highest BCUT2D eigenvalue weighted by Gasteiger charge is 2.56. The number of benzene rings is 2. The average molecular weight is 300 g/mol. The van der Waals surface area contributed by atoms with Crippen LogP contribution in [0.5, 0.6) is 0 Å². The van der Waals surface area contributed by atoms with Crippen molar-refractivity contribution in [1.29, 1.82) is 0 Å². The summed E-state index contributed by atoms with van der Waals surface area (Å²) in [5.74, 6) is 0. The van der Waals surface area contributed by atoms with Gasteiger partial charge >= 0.3 is 0 Å². The first-order valence-corrected chi connectivity index (χ1v) is 8.58. The molecule has 0 radical (unpaired) electrons. The summed E-state index contributed by atoms with van der Waals surface area (Å²) in [5, 5.41) is 0. The van der Waals surface area contributed by atoms with E-state index in [-0.39, 0.29) is 17.6 Å². The van der Waals surface area contributed by atoms with Crippen molar-refractivity contribution in [2.45, 2.75) is 36.9 Å². The van der Waals surface area contributed by atoms with Crippen LogP contribution in [0.1, 0.15) is 30.4 Å². The molecule has 0 aromatic heterocycles. The lowest BCUT2D eigenvalue weighted by atomic mass is 9.60. The first-order valence-electron chi connectivity index (χ1n) is 8.58. The molecule has 2 aromatic carbocycles. The number of rotatable bonds is 2. The third-order valence-electron chi connectivity index (χ3n) is 5.74. The van der Waals surface area contributed by atoms with E-state index in [4.69, 9.17) is 4.74 Å². The largest absolute Gasteiger partial charge is 0.361 e. The smallest absolute Gasteiger partial charge is 0.0992 e. The van der Waals surface area contributed by atoms with Gasteiger partial charge in [0, 0.05) is 5.41 Å². The number of fused-ring (bicyclic) bond motifs is 5. The molecule has 3 aliphatic rings. The maximum absolute atomic E-state index is 6.36. The van der Waals surface area contributed by atoms with Crippen molar-refractivity contribution in [2.24, 2.45) is 0 Å². The van der Waals surface area contributed by atoms with Gasteiger partial charge in [-0.15, -0.1) is 0 Å². The predicted molar refractivity (Wildman–Crippen MR) is 93.1 cm³/mol. The van der Waals surface area contributed by atoms with Gasteiger partial charge in [-0.1, -0.05) is 72.8 Å². The molecular formula is C22H20O. The van der Waals surface area contributed by atoms with E-state index in [1.807, 2.05) is 0 Å². The van der Waals surface area contributed by atoms with Gasteiger partial charge in [0.1, 0.15) is 0 Å². The van der Waals surface area contributed by atoms with E-state index in [0.29, 0.717) is 0 Å². The van der Waals surface area contributed by atoms with E-state index in [1.165, 1.54) is 35.1 Å². The highest BCUT2D eigenvalue weighted by Crippen LogP contribution is 2.58. The van der Waals surface area contributed by atoms with Crippen LogP contribution in [0, 0.1) is 0 Å². The molecule has 23 heavy (non-hydrogen) atoms. The van der Waals surface area contributed by atoms with Crippen molar-refractivity contribution in [3.63, 3.8) is 0 Å². The minimum atomic E-state index is 0.0457. The lowest BCUT2D eigenvalue weighted by Gasteiger charge is -2.41. The molecule has 0 saturated carbocycles. The highest BCUT2D eigenvalue weighted by molar-refractivity contribution is 5.76. The molecule has 2 heterocycles. The van der Waals surface area contributed by atoms with Crippen LogP contribution < -0.4 is 0 Å². The Balaban J connectivity index is 1.78. The average Bonchev–Trinajstić information content (AvgIpc) is 3.24. The summed E-state index contributed by atoms with van der Waals surface area (Å²) < 4.78 is 6.36. The van der Waals surface area contributed by atoms with Crippen molar-refractivity contribution in [2.75, 3.05) is 0 Å². The van der Waals surface area contributed by atoms with Crippen molar-refractivity contribution in [1.82, 2.24) is 0 Å². The van der Waals surface area contributed by atoms with Crippen LogP contribution in [0.25, 0.3) is 5.57 Å². The van der Waals surface area contributed by atoms with E-state index in [1.54, 1.807) is 0 Å². The third-order valence-corrected chi connectivity index (χ3v) is 5.74. The van der Waals surface area contributed by atoms with Crippen LogP contribution in [0.15, 0.2) is 78.4 Å². The highest BCUT2D eigenvalue weighted by atomic mass is 16.5. The summed E-state index contributed by atoms with van der Waals surface area (Å²) >= 11 is 0. The molecule has 0 unspecified atom stereocenters. The van der Waals surface area contributed by atoms with E-state index in [2.05, 4.69) is 72.8 Å². The van der Waals surface area contributed by atoms with Crippen LogP contribution in [-0.2, 0) is 10.2 Å². The van der Waals surface area contributed by atoms with Crippen LogP contribution in [0.2, 0.25) is 0 Å². The summed E-state index contributed by atoms with van der Waals surface area (Å²) in [5.41, 5.74) is 5.86. The van der Waals surface area contributed by atoms with Gasteiger partial charge in [0.2, 0.25) is 0 Å². The van der Waals surface area contributed by atoms with Crippen molar-refractivity contribution >= 4 is 5.57 Å². The maximum Gasteiger partial charge on any atom is 0.0992 e. The monoisotopic (exact) mass is 300 g/mol. The zero-order valence-electron chi connectivity index (χ0n) is 13.1. The Kier molecular flexibility index (Phi) is 2.86. The van der Waals surface area contributed by atoms with Crippen LogP contribution in [0.4, 0.5) is 0 Å². The lowest BCUT2D eigenvalue weighted by molar-refractivity contribution is 0.0993. The Morgan fingerprint density at radius 1 is 0.870 bits per heavy atom. The quantitative estimate of drug-likeness (QED) is 0.717. The zero-order valence-corrected chi connectivity index (χ0v) is 13.1. The fourth-order valence-electron chi connectivity index (χ4n) is 4.84. The Labute approximate surface area is 137 Å². The van der Waals surface area contributed by atoms with Gasteiger partial charge in [-0.2, -0.15) is 0 Å². The molecule has 1 aliphatic carbocycles. The number of allylic oxidation sites excluding steroid dienone is 1. The Bertz CT molecular complexity index is 787. The molecule has 0 amide bonds. The molecule has 114 valence electrons. The van der Waals surface area contributed by atoms with Crippen molar-refractivity contribution in [3.8, 4) is 0 Å². The van der Waals surface area contributed by atoms with Crippen LogP contribution in [-0.4, -0.2) is 12.2 Å². The molecular weight excluding hydrogens is 280 g/mol. The van der Waals surface area contributed by atoms with E-state index < -0.39 is 0 Å². The molecule has 0 spiro atoms. The van der Waals surface area contributed by atoms with Crippen molar-refractivity contribution < 1.29 is 4.74 Å². The predicted octanol–water partition coefficient (Wildman–Crippen LogP) is 4.90. The second-order valence-electron chi connectivity index (χ2n) is 6.81. The van der Waals surface area contributed by atoms with Gasteiger partial charge < -0.3 is 4.74 Å². The molecule has 0 N–H and O–H groups in total. The standard InChI is InChI=1S/C22H20O/c1-3-8-16(9-4-1)18-12-7-15-22(17-10-5-2-6-11-17)20-14-13-19(23-20)21(18)22/h1-6,8-11,13-14,19-20H,7,12,15H2/t19-,20+,22+/m1/s1. The molecule has 3 atom stereocenters. The second-order valence-corrected chi connectivity index (χ2v) is 6.81. The minimum absolute atomic E-state index is 0.0457. The summed E-state index contributed by atoms with van der Waals surface area (Å²) in [6.45, 7) is 0. The minimum Gasteiger partial charge on any atom is -0.361 e. The second kappa shape index (κ2) is 4.94. The first-order chi connectivity index (χ1) is 11.4. The molecule has 2 aliphatic heterocycles. The number of hydrogen-bond acceptors (Lipinski definition) is 1. The fraction of sp³-hybridized carbons (Fsp3) is 0.273. The van der Waals surface area contributed by atoms with E-state index >= 15 is 0 Å². The summed E-state index contributed by atoms with van der Waals surface area (Å²) in [4.78, 5) is 0. The Hall–Kier alpha value is -2.12. The van der Waals surface area contributed by atoms with Gasteiger partial charge in [-0.05, 0) is 41.5 Å². The molecule has 1 heteroatoms. The van der Waals surface area contributed by atoms with Crippen LogP contribution in [0.3, 0.4) is 0 Å². The Morgan fingerprint density at radius 3 is 2.39 bits per heavy atom. The normalized spacial score (nSPS) is 31.5. The van der Waals surface area contributed by atoms with Gasteiger partial charge in [-0.3, -0.25) is 0 Å². The lowest BCUT2D eigenvalue weighted by Crippen LogP contribution is -2.39. The Morgan fingerprint density at radius 2 is 1.61 bits per heavy atom. The topological polar surface area (TPSA) is 9.23 Å².